The Balaban J connectivity index is 0.00000192. The standard InChI is InChI=1S/C15H15ClN4O2.ClH/c16-11-5-3-10(4-6-11)14-19-13(22-20-14)7-9-18-15(21)12-2-1-8-17-12;/h1-6,12,17H,7-9H2,(H,18,21);1H. The summed E-state index contributed by atoms with van der Waals surface area (Å²) >= 11 is 5.84. The van der Waals surface area contributed by atoms with E-state index >= 15 is 0 Å². The number of benzene rings is 1. The Morgan fingerprint density at radius 2 is 2.17 bits per heavy atom. The van der Waals surface area contributed by atoms with Crippen molar-refractivity contribution in [1.82, 2.24) is 20.8 Å². The van der Waals surface area contributed by atoms with Gasteiger partial charge in [-0.15, -0.1) is 12.4 Å². The first-order valence-electron chi connectivity index (χ1n) is 6.98. The quantitative estimate of drug-likeness (QED) is 0.802. The van der Waals surface area contributed by atoms with Crippen LogP contribution >= 0.6 is 24.0 Å². The molecule has 1 aromatic carbocycles. The van der Waals surface area contributed by atoms with E-state index in [0.29, 0.717) is 29.7 Å². The number of halogens is 2. The lowest BCUT2D eigenvalue weighted by Gasteiger charge is -2.08. The van der Waals surface area contributed by atoms with E-state index in [1.54, 1.807) is 12.1 Å². The number of nitrogens with one attached hydrogen (secondary N) is 2. The van der Waals surface area contributed by atoms with Gasteiger partial charge in [-0.25, -0.2) is 0 Å². The first-order valence-corrected chi connectivity index (χ1v) is 7.36. The van der Waals surface area contributed by atoms with Crippen LogP contribution in [0.4, 0.5) is 0 Å². The summed E-state index contributed by atoms with van der Waals surface area (Å²) in [6.07, 6.45) is 4.27. The van der Waals surface area contributed by atoms with Gasteiger partial charge < -0.3 is 9.84 Å². The fraction of sp³-hybridized carbons (Fsp3) is 0.267. The zero-order chi connectivity index (χ0) is 15.4. The topological polar surface area (TPSA) is 80.1 Å². The smallest absolute Gasteiger partial charge is 0.241 e. The molecule has 2 N–H and O–H groups in total. The van der Waals surface area contributed by atoms with Gasteiger partial charge >= 0.3 is 0 Å². The van der Waals surface area contributed by atoms with Crippen LogP contribution < -0.4 is 10.6 Å². The Labute approximate surface area is 144 Å². The van der Waals surface area contributed by atoms with Crippen LogP contribution in [-0.4, -0.2) is 35.2 Å². The molecule has 1 aliphatic heterocycles. The van der Waals surface area contributed by atoms with Crippen LogP contribution in [0.3, 0.4) is 0 Å². The van der Waals surface area contributed by atoms with Gasteiger partial charge in [-0.1, -0.05) is 28.9 Å². The molecule has 1 unspecified atom stereocenters. The molecule has 0 fully saturated rings. The largest absolute Gasteiger partial charge is 0.354 e. The molecule has 8 heteroatoms. The fourth-order valence-corrected chi connectivity index (χ4v) is 2.25. The molecule has 1 amide bonds. The van der Waals surface area contributed by atoms with Gasteiger partial charge in [-0.3, -0.25) is 10.1 Å². The summed E-state index contributed by atoms with van der Waals surface area (Å²) in [5.74, 6) is 0.949. The Morgan fingerprint density at radius 1 is 1.39 bits per heavy atom. The molecule has 0 radical (unpaired) electrons. The van der Waals surface area contributed by atoms with Crippen molar-refractivity contribution in [2.75, 3.05) is 13.1 Å². The summed E-state index contributed by atoms with van der Waals surface area (Å²) in [6, 6.07) is 6.96. The molecule has 0 bridgehead atoms. The zero-order valence-corrected chi connectivity index (χ0v) is 13.7. The Bertz CT molecular complexity index is 685. The maximum Gasteiger partial charge on any atom is 0.241 e. The highest BCUT2D eigenvalue weighted by Crippen LogP contribution is 2.18. The Morgan fingerprint density at radius 3 is 2.87 bits per heavy atom. The van der Waals surface area contributed by atoms with E-state index in [1.807, 2.05) is 24.3 Å². The molecule has 0 aliphatic carbocycles. The maximum atomic E-state index is 11.8. The van der Waals surface area contributed by atoms with Crippen molar-refractivity contribution in [1.29, 1.82) is 0 Å². The van der Waals surface area contributed by atoms with Crippen LogP contribution in [0, 0.1) is 0 Å². The summed E-state index contributed by atoms with van der Waals surface area (Å²) in [5.41, 5.74) is 0.837. The van der Waals surface area contributed by atoms with Crippen LogP contribution in [0.2, 0.25) is 5.02 Å². The van der Waals surface area contributed by atoms with E-state index < -0.39 is 0 Å². The molecule has 2 heterocycles. The first kappa shape index (κ1) is 17.5. The first-order chi connectivity index (χ1) is 10.7. The van der Waals surface area contributed by atoms with E-state index in [4.69, 9.17) is 16.1 Å². The highest BCUT2D eigenvalue weighted by molar-refractivity contribution is 6.30. The minimum absolute atomic E-state index is 0. The van der Waals surface area contributed by atoms with Crippen molar-refractivity contribution in [2.45, 2.75) is 12.5 Å². The predicted octanol–water partition coefficient (Wildman–Crippen LogP) is 2.00. The average Bonchev–Trinajstić information content (AvgIpc) is 3.19. The molecule has 3 rings (SSSR count). The summed E-state index contributed by atoms with van der Waals surface area (Å²) < 4.78 is 5.18. The molecule has 0 saturated heterocycles. The second-order valence-corrected chi connectivity index (χ2v) is 5.31. The Kier molecular flexibility index (Phi) is 6.15. The van der Waals surface area contributed by atoms with Crippen molar-refractivity contribution in [2.24, 2.45) is 0 Å². The molecule has 23 heavy (non-hydrogen) atoms. The molecular formula is C15H16Cl2N4O2. The number of nitrogens with zero attached hydrogens (tertiary/aromatic N) is 2. The van der Waals surface area contributed by atoms with Crippen LogP contribution in [0.15, 0.2) is 40.9 Å². The van der Waals surface area contributed by atoms with Crippen molar-refractivity contribution in [3.63, 3.8) is 0 Å². The summed E-state index contributed by atoms with van der Waals surface area (Å²) in [4.78, 5) is 16.1. The minimum Gasteiger partial charge on any atom is -0.354 e. The number of aromatic nitrogens is 2. The molecule has 1 aromatic heterocycles. The van der Waals surface area contributed by atoms with Crippen molar-refractivity contribution < 1.29 is 9.32 Å². The van der Waals surface area contributed by atoms with Gasteiger partial charge in [0.25, 0.3) is 0 Å². The van der Waals surface area contributed by atoms with E-state index in [9.17, 15) is 4.79 Å². The number of hydrogen-bond donors (Lipinski definition) is 2. The van der Waals surface area contributed by atoms with Gasteiger partial charge in [0.2, 0.25) is 17.6 Å². The third-order valence-corrected chi connectivity index (χ3v) is 3.53. The number of hydrogen-bond acceptors (Lipinski definition) is 5. The van der Waals surface area contributed by atoms with E-state index in [0.717, 1.165) is 12.1 Å². The third kappa shape index (κ3) is 4.54. The van der Waals surface area contributed by atoms with Crippen molar-refractivity contribution >= 4 is 29.9 Å². The molecule has 1 atom stereocenters. The zero-order valence-electron chi connectivity index (χ0n) is 12.2. The molecule has 6 nitrogen and oxygen atoms in total. The molecular weight excluding hydrogens is 339 g/mol. The Hall–Kier alpha value is -1.89. The molecule has 122 valence electrons. The highest BCUT2D eigenvalue weighted by atomic mass is 35.5. The minimum atomic E-state index is -0.243. The molecule has 2 aromatic rings. The monoisotopic (exact) mass is 354 g/mol. The van der Waals surface area contributed by atoms with E-state index in [1.165, 1.54) is 0 Å². The van der Waals surface area contributed by atoms with Gasteiger partial charge in [0, 0.05) is 30.1 Å². The summed E-state index contributed by atoms with van der Waals surface area (Å²) in [7, 11) is 0. The van der Waals surface area contributed by atoms with Crippen LogP contribution in [-0.2, 0) is 11.2 Å². The number of carbonyl (C=O) groups excluding carboxylic acids is 1. The lowest BCUT2D eigenvalue weighted by molar-refractivity contribution is -0.121. The van der Waals surface area contributed by atoms with Crippen LogP contribution in [0.5, 0.6) is 0 Å². The third-order valence-electron chi connectivity index (χ3n) is 3.28. The normalized spacial score (nSPS) is 16.1. The lowest BCUT2D eigenvalue weighted by Crippen LogP contribution is -2.41. The van der Waals surface area contributed by atoms with Gasteiger partial charge in [-0.2, -0.15) is 4.98 Å². The molecule has 0 spiro atoms. The lowest BCUT2D eigenvalue weighted by atomic mass is 10.2. The fourth-order valence-electron chi connectivity index (χ4n) is 2.12. The number of amides is 1. The van der Waals surface area contributed by atoms with Gasteiger partial charge in [0.05, 0.1) is 0 Å². The predicted molar refractivity (Wildman–Crippen MR) is 89.6 cm³/mol. The highest BCUT2D eigenvalue weighted by Gasteiger charge is 2.17. The van der Waals surface area contributed by atoms with Crippen molar-refractivity contribution in [3.8, 4) is 11.4 Å². The maximum absolute atomic E-state index is 11.8. The number of carbonyl (C=O) groups is 1. The van der Waals surface area contributed by atoms with Gasteiger partial charge in [-0.05, 0) is 24.3 Å². The summed E-state index contributed by atoms with van der Waals surface area (Å²) in [6.45, 7) is 1.18. The molecule has 0 saturated carbocycles. The molecule has 1 aliphatic rings. The van der Waals surface area contributed by atoms with Crippen molar-refractivity contribution in [3.05, 3.63) is 47.3 Å². The number of rotatable bonds is 5. The SMILES string of the molecule is Cl.O=C(NCCc1nc(-c2ccc(Cl)cc2)no1)C1C=CCN1. The second-order valence-electron chi connectivity index (χ2n) is 4.87. The summed E-state index contributed by atoms with van der Waals surface area (Å²) in [5, 5.41) is 10.5. The van der Waals surface area contributed by atoms with Gasteiger partial charge in [0.15, 0.2) is 0 Å². The second kappa shape index (κ2) is 8.10. The average molecular weight is 355 g/mol. The van der Waals surface area contributed by atoms with E-state index in [-0.39, 0.29) is 24.4 Å². The van der Waals surface area contributed by atoms with Crippen LogP contribution in [0.1, 0.15) is 5.89 Å². The van der Waals surface area contributed by atoms with E-state index in [2.05, 4.69) is 20.8 Å². The van der Waals surface area contributed by atoms with Crippen LogP contribution in [0.25, 0.3) is 11.4 Å². The van der Waals surface area contributed by atoms with Gasteiger partial charge in [0.1, 0.15) is 6.04 Å².